The summed E-state index contributed by atoms with van der Waals surface area (Å²) in [6, 6.07) is 0. The van der Waals surface area contributed by atoms with Gasteiger partial charge in [0.1, 0.15) is 0 Å². The molecule has 0 spiro atoms. The molecule has 0 aliphatic carbocycles. The van der Waals surface area contributed by atoms with Gasteiger partial charge in [0.2, 0.25) is 0 Å². The predicted octanol–water partition coefficient (Wildman–Crippen LogP) is 0.654. The Labute approximate surface area is 134 Å². The number of hydrogen-bond acceptors (Lipinski definition) is 4. The van der Waals surface area contributed by atoms with Crippen molar-refractivity contribution in [3.63, 3.8) is 0 Å². The van der Waals surface area contributed by atoms with Gasteiger partial charge in [-0.25, -0.2) is 9.78 Å². The third-order valence-corrected chi connectivity index (χ3v) is 4.25. The maximum atomic E-state index is 12.3. The molecule has 2 aromatic rings. The van der Waals surface area contributed by atoms with Crippen molar-refractivity contribution in [3.8, 4) is 0 Å². The number of ketones is 1. The van der Waals surface area contributed by atoms with Gasteiger partial charge in [0.15, 0.2) is 20.8 Å². The van der Waals surface area contributed by atoms with Crippen LogP contribution in [-0.2, 0) is 25.4 Å². The number of Topliss-reactive ketones (excluding diaryl/α,β-unsaturated/α-hetero) is 1. The van der Waals surface area contributed by atoms with Crippen LogP contribution in [0, 0.1) is 9.25 Å². The Morgan fingerprint density at radius 2 is 1.76 bits per heavy atom. The summed E-state index contributed by atoms with van der Waals surface area (Å²) in [4.78, 5) is 40.6. The van der Waals surface area contributed by atoms with E-state index in [9.17, 15) is 14.4 Å². The Bertz CT molecular complexity index is 851. The number of carbonyl (C=O) groups is 1. The Kier molecular flexibility index (Phi) is 3.85. The molecule has 0 aliphatic rings. The normalized spacial score (nSPS) is 12.1. The van der Waals surface area contributed by atoms with Gasteiger partial charge < -0.3 is 0 Å². The van der Waals surface area contributed by atoms with Gasteiger partial charge in [-0.2, -0.15) is 0 Å². The van der Waals surface area contributed by atoms with Crippen LogP contribution in [0.25, 0.3) is 11.2 Å². The Morgan fingerprint density at radius 3 is 2.29 bits per heavy atom. The van der Waals surface area contributed by atoms with E-state index >= 15 is 0 Å². The number of aryl methyl sites for hydroxylation is 1. The van der Waals surface area contributed by atoms with E-state index in [0.29, 0.717) is 9.48 Å². The van der Waals surface area contributed by atoms with E-state index in [-0.39, 0.29) is 17.8 Å². The first kappa shape index (κ1) is 15.9. The van der Waals surface area contributed by atoms with Crippen LogP contribution in [0.1, 0.15) is 20.8 Å². The number of carbonyl (C=O) groups excluding carboxylic acids is 1. The number of hydrogen-bond donors (Lipinski definition) is 0. The Morgan fingerprint density at radius 1 is 1.19 bits per heavy atom. The van der Waals surface area contributed by atoms with Crippen LogP contribution in [0.15, 0.2) is 9.59 Å². The summed E-state index contributed by atoms with van der Waals surface area (Å²) < 4.78 is 4.49. The van der Waals surface area contributed by atoms with E-state index < -0.39 is 16.7 Å². The van der Waals surface area contributed by atoms with Gasteiger partial charge in [-0.15, -0.1) is 0 Å². The number of nitrogens with zero attached hydrogens (tertiary/aromatic N) is 4. The molecular weight excluding hydrogens is 387 g/mol. The molecule has 8 heteroatoms. The number of rotatable bonds is 2. The zero-order valence-corrected chi connectivity index (χ0v) is 14.8. The van der Waals surface area contributed by atoms with Gasteiger partial charge in [-0.3, -0.25) is 23.3 Å². The molecular formula is C13H17IN4O3. The second-order valence-corrected chi connectivity index (χ2v) is 6.98. The summed E-state index contributed by atoms with van der Waals surface area (Å²) in [6.07, 6.45) is 0. The van der Waals surface area contributed by atoms with E-state index in [1.807, 2.05) is 43.4 Å². The molecule has 0 saturated carbocycles. The van der Waals surface area contributed by atoms with Crippen LogP contribution in [0.4, 0.5) is 0 Å². The standard InChI is InChI=1S/C13H17IN4O3/c1-13(2,3)7(19)6-18-9-8(15-11(18)14)10(20)17(5)12(21)16(9)4/h6H2,1-5H3. The smallest absolute Gasteiger partial charge is 0.298 e. The van der Waals surface area contributed by atoms with Gasteiger partial charge in [0, 0.05) is 42.1 Å². The Balaban J connectivity index is 2.78. The highest BCUT2D eigenvalue weighted by Gasteiger charge is 2.25. The van der Waals surface area contributed by atoms with Crippen LogP contribution in [-0.4, -0.2) is 24.5 Å². The lowest BCUT2D eigenvalue weighted by atomic mass is 9.91. The lowest BCUT2D eigenvalue weighted by Gasteiger charge is -2.18. The third-order valence-electron chi connectivity index (χ3n) is 3.43. The molecule has 0 saturated heterocycles. The molecule has 0 atom stereocenters. The number of aromatic nitrogens is 4. The lowest BCUT2D eigenvalue weighted by Crippen LogP contribution is -2.37. The van der Waals surface area contributed by atoms with E-state index in [2.05, 4.69) is 4.98 Å². The maximum Gasteiger partial charge on any atom is 0.332 e. The molecule has 0 aliphatic heterocycles. The molecule has 0 radical (unpaired) electrons. The van der Waals surface area contributed by atoms with Crippen molar-refractivity contribution in [2.24, 2.45) is 19.5 Å². The van der Waals surface area contributed by atoms with E-state index in [1.54, 1.807) is 11.6 Å². The number of fused-ring (bicyclic) bond motifs is 1. The molecule has 0 fully saturated rings. The number of imidazole rings is 1. The second kappa shape index (κ2) is 5.08. The van der Waals surface area contributed by atoms with Crippen molar-refractivity contribution in [2.75, 3.05) is 0 Å². The van der Waals surface area contributed by atoms with E-state index in [0.717, 1.165) is 4.57 Å². The minimum absolute atomic E-state index is 0.00726. The minimum atomic E-state index is -0.502. The van der Waals surface area contributed by atoms with Gasteiger partial charge in [-0.05, 0) is 0 Å². The molecule has 2 heterocycles. The van der Waals surface area contributed by atoms with Gasteiger partial charge in [0.05, 0.1) is 6.54 Å². The summed E-state index contributed by atoms with van der Waals surface area (Å²) in [5.74, 6) is 0.00726. The maximum absolute atomic E-state index is 12.3. The molecule has 114 valence electrons. The zero-order valence-electron chi connectivity index (χ0n) is 12.6. The third kappa shape index (κ3) is 2.56. The summed E-state index contributed by atoms with van der Waals surface area (Å²) in [5, 5.41) is 0. The fourth-order valence-electron chi connectivity index (χ4n) is 1.98. The first-order valence-electron chi connectivity index (χ1n) is 6.40. The summed E-state index contributed by atoms with van der Waals surface area (Å²) in [5.41, 5.74) is -0.810. The van der Waals surface area contributed by atoms with Crippen LogP contribution in [0.2, 0.25) is 0 Å². The van der Waals surface area contributed by atoms with Crippen molar-refractivity contribution in [1.29, 1.82) is 0 Å². The fourth-order valence-corrected chi connectivity index (χ4v) is 2.62. The van der Waals surface area contributed by atoms with Crippen LogP contribution in [0.3, 0.4) is 0 Å². The van der Waals surface area contributed by atoms with E-state index in [1.165, 1.54) is 11.6 Å². The van der Waals surface area contributed by atoms with Gasteiger partial charge in [0.25, 0.3) is 5.56 Å². The molecule has 2 rings (SSSR count). The lowest BCUT2D eigenvalue weighted by molar-refractivity contribution is -0.126. The average molecular weight is 404 g/mol. The van der Waals surface area contributed by atoms with Gasteiger partial charge in [-0.1, -0.05) is 20.8 Å². The SMILES string of the molecule is Cn1c(=O)c2nc(I)n(CC(=O)C(C)(C)C)c2n(C)c1=O. The largest absolute Gasteiger partial charge is 0.332 e. The highest BCUT2D eigenvalue weighted by molar-refractivity contribution is 14.1. The second-order valence-electron chi connectivity index (χ2n) is 6.02. The van der Waals surface area contributed by atoms with Crippen molar-refractivity contribution in [2.45, 2.75) is 27.3 Å². The molecule has 0 bridgehead atoms. The van der Waals surface area contributed by atoms with Crippen LogP contribution < -0.4 is 11.2 Å². The molecule has 0 aromatic carbocycles. The molecule has 0 N–H and O–H groups in total. The average Bonchev–Trinajstić information content (AvgIpc) is 2.70. The van der Waals surface area contributed by atoms with Crippen molar-refractivity contribution >= 4 is 39.5 Å². The van der Waals surface area contributed by atoms with Crippen molar-refractivity contribution in [1.82, 2.24) is 18.7 Å². The zero-order chi connectivity index (χ0) is 16.1. The molecule has 0 amide bonds. The quantitative estimate of drug-likeness (QED) is 0.544. The minimum Gasteiger partial charge on any atom is -0.298 e. The summed E-state index contributed by atoms with van der Waals surface area (Å²) >= 11 is 1.97. The molecule has 2 aromatic heterocycles. The number of halogens is 1. The highest BCUT2D eigenvalue weighted by atomic mass is 127. The van der Waals surface area contributed by atoms with E-state index in [4.69, 9.17) is 0 Å². The predicted molar refractivity (Wildman–Crippen MR) is 87.4 cm³/mol. The first-order chi connectivity index (χ1) is 9.55. The van der Waals surface area contributed by atoms with Crippen molar-refractivity contribution in [3.05, 3.63) is 24.7 Å². The van der Waals surface area contributed by atoms with Gasteiger partial charge >= 0.3 is 5.69 Å². The van der Waals surface area contributed by atoms with Crippen molar-refractivity contribution < 1.29 is 4.79 Å². The molecule has 7 nitrogen and oxygen atoms in total. The summed E-state index contributed by atoms with van der Waals surface area (Å²) in [7, 11) is 2.98. The first-order valence-corrected chi connectivity index (χ1v) is 7.48. The monoisotopic (exact) mass is 404 g/mol. The van der Waals surface area contributed by atoms with Crippen LogP contribution >= 0.6 is 22.6 Å². The fraction of sp³-hybridized carbons (Fsp3) is 0.538. The molecule has 0 unspecified atom stereocenters. The van der Waals surface area contributed by atoms with Crippen LogP contribution in [0.5, 0.6) is 0 Å². The molecule has 21 heavy (non-hydrogen) atoms. The summed E-state index contributed by atoms with van der Waals surface area (Å²) in [6.45, 7) is 5.58. The topological polar surface area (TPSA) is 78.9 Å². The Hall–Kier alpha value is -1.45. The highest BCUT2D eigenvalue weighted by Crippen LogP contribution is 2.19.